The number of hydrogen-bond donors (Lipinski definition) is 0. The first kappa shape index (κ1) is 79.2. The first-order valence-electron chi connectivity index (χ1n) is 32.4. The van der Waals surface area contributed by atoms with E-state index in [1.54, 1.807) is 70.7 Å². The van der Waals surface area contributed by atoms with E-state index < -0.39 is 16.7 Å². The van der Waals surface area contributed by atoms with Crippen LogP contribution in [0.2, 0.25) is 5.02 Å². The highest BCUT2D eigenvalue weighted by atomic mass is 35.5. The number of alkyl halides is 3. The number of aryl methyl sites for hydroxylation is 5. The topological polar surface area (TPSA) is 231 Å². The van der Waals surface area contributed by atoms with Crippen LogP contribution in [0.1, 0.15) is 33.4 Å². The second kappa shape index (κ2) is 40.4. The standard InChI is InChI=1S/C20H18N2O3S.C18H16N2O.C15H13F3N2O.C14H13ClN2O.C14H13N3O3/c1-15-13-18(26-25-24-17-11-7-4-8-12-17)14-19(20(15)23-2)22-21-16-9-5-3-6-10-16;1-13-16-11-7-6-8-14(16)12-17(18(13)21-2)20-19-15-9-4-3-5-10-15;1-10-8-11(15(16,17)18)9-13(14(10)21-2)20-19-12-6-4-3-5-7-12;1-10-8-11(15)9-13(14(10)18-2)17-16-12-6-4-3-5-7-12;1-10-8-12(17(18)19)9-13(14(10)20-2)16-15-11-6-4-3-5-7-11/h3-14H,1-2H3;3-12H,1-2H3;3-9H,1-2H3;3-9H,1-2H3;3-9H,1-2H3. The zero-order valence-electron chi connectivity index (χ0n) is 59.3. The summed E-state index contributed by atoms with van der Waals surface area (Å²) in [7, 11) is 7.77. The largest absolute Gasteiger partial charge is 0.494 e. The number of para-hydroxylation sites is 1. The Balaban J connectivity index is 0.000000168. The van der Waals surface area contributed by atoms with Gasteiger partial charge in [-0.3, -0.25) is 10.1 Å². The van der Waals surface area contributed by atoms with Gasteiger partial charge in [0.2, 0.25) is 0 Å². The molecule has 106 heavy (non-hydrogen) atoms. The fourth-order valence-electron chi connectivity index (χ4n) is 10.0. The van der Waals surface area contributed by atoms with Crippen LogP contribution >= 0.6 is 23.6 Å². The van der Waals surface area contributed by atoms with E-state index in [2.05, 4.69) is 63.3 Å². The highest BCUT2D eigenvalue weighted by Crippen LogP contribution is 2.43. The van der Waals surface area contributed by atoms with Crippen molar-refractivity contribution in [2.45, 2.75) is 45.7 Å². The molecule has 0 spiro atoms. The molecule has 12 aromatic rings. The van der Waals surface area contributed by atoms with Crippen molar-refractivity contribution in [3.05, 3.63) is 309 Å². The van der Waals surface area contributed by atoms with Crippen LogP contribution in [-0.2, 0) is 10.5 Å². The fourth-order valence-corrected chi connectivity index (χ4v) is 10.9. The second-order valence-electron chi connectivity index (χ2n) is 22.5. The summed E-state index contributed by atoms with van der Waals surface area (Å²) in [4.78, 5) is 16.5. The molecule has 0 saturated carbocycles. The number of benzene rings is 12. The SMILES string of the molecule is COc1c(C)cc(C(F)(F)F)cc1N=Nc1ccccc1.COc1c(C)cc(Cl)cc1N=Nc1ccccc1.COc1c(C)cc(SOOc2ccccc2)cc1N=Nc1ccccc1.COc1c(C)cc([N+](=O)[O-])cc1N=Nc1ccccc1.COc1c(N=Nc2ccccc2)cc2ccccc2c1C. The monoisotopic (exact) mass is 1470 g/mol. The van der Waals surface area contributed by atoms with Crippen molar-refractivity contribution < 1.29 is 51.0 Å². The van der Waals surface area contributed by atoms with Crippen LogP contribution in [-0.4, -0.2) is 40.5 Å². The fraction of sp³-hybridized carbons (Fsp3) is 0.136. The Hall–Kier alpha value is -12.5. The number of rotatable bonds is 20. The molecule has 540 valence electrons. The number of methoxy groups -OCH3 is 5. The molecule has 0 atom stereocenters. The summed E-state index contributed by atoms with van der Waals surface area (Å²) in [6.45, 7) is 9.18. The Morgan fingerprint density at radius 3 is 1.12 bits per heavy atom. The number of ether oxygens (including phenoxy) is 5. The van der Waals surface area contributed by atoms with E-state index in [4.69, 9.17) is 44.5 Å². The average molecular weight is 1470 g/mol. The Kier molecular flexibility index (Phi) is 30.2. The van der Waals surface area contributed by atoms with Crippen LogP contribution in [0.25, 0.3) is 10.8 Å². The molecule has 0 N–H and O–H groups in total. The molecule has 0 heterocycles. The molecular weight excluding hydrogens is 1400 g/mol. The number of halogens is 4. The minimum atomic E-state index is -4.44. The van der Waals surface area contributed by atoms with Gasteiger partial charge in [0.25, 0.3) is 5.69 Å². The quantitative estimate of drug-likeness (QED) is 0.0230. The zero-order chi connectivity index (χ0) is 75.8. The molecule has 0 aliphatic carbocycles. The maximum absolute atomic E-state index is 12.8. The first-order chi connectivity index (χ1) is 51.3. The third-order valence-electron chi connectivity index (χ3n) is 14.9. The molecule has 0 radical (unpaired) electrons. The third-order valence-corrected chi connectivity index (χ3v) is 15.7. The lowest BCUT2D eigenvalue weighted by atomic mass is 10.0. The second-order valence-corrected chi connectivity index (χ2v) is 23.7. The van der Waals surface area contributed by atoms with Gasteiger partial charge in [0.1, 0.15) is 57.2 Å². The summed E-state index contributed by atoms with van der Waals surface area (Å²) in [5, 5.41) is 55.3. The highest BCUT2D eigenvalue weighted by Gasteiger charge is 2.32. The summed E-state index contributed by atoms with van der Waals surface area (Å²) in [6.07, 6.45) is -4.44. The maximum atomic E-state index is 12.8. The van der Waals surface area contributed by atoms with Crippen LogP contribution in [0.3, 0.4) is 0 Å². The maximum Gasteiger partial charge on any atom is 0.416 e. The van der Waals surface area contributed by atoms with E-state index in [0.717, 1.165) is 79.6 Å². The molecule has 0 unspecified atom stereocenters. The molecule has 25 heteroatoms. The van der Waals surface area contributed by atoms with Crippen molar-refractivity contribution in [3.63, 3.8) is 0 Å². The number of nitro benzene ring substituents is 1. The van der Waals surface area contributed by atoms with Gasteiger partial charge in [-0.15, -0.1) is 29.9 Å². The first-order valence-corrected chi connectivity index (χ1v) is 33.5. The molecule has 20 nitrogen and oxygen atoms in total. The molecule has 0 aliphatic rings. The van der Waals surface area contributed by atoms with Gasteiger partial charge in [0.05, 0.1) is 86.5 Å². The normalized spacial score (nSPS) is 11.1. The summed E-state index contributed by atoms with van der Waals surface area (Å²) in [6, 6.07) is 78.3. The number of fused-ring (bicyclic) bond motifs is 1. The molecule has 12 rings (SSSR count). The van der Waals surface area contributed by atoms with Gasteiger partial charge in [-0.25, -0.2) is 0 Å². The summed E-state index contributed by atoms with van der Waals surface area (Å²) in [5.41, 5.74) is 9.13. The molecule has 0 saturated heterocycles. The predicted molar refractivity (Wildman–Crippen MR) is 410 cm³/mol. The molecule has 0 amide bonds. The predicted octanol–water partition coefficient (Wildman–Crippen LogP) is 26.8. The number of non-ortho nitro benzene ring substituents is 1. The van der Waals surface area contributed by atoms with Crippen LogP contribution in [0, 0.1) is 44.7 Å². The lowest BCUT2D eigenvalue weighted by molar-refractivity contribution is -0.384. The van der Waals surface area contributed by atoms with Crippen LogP contribution < -0.4 is 28.6 Å². The number of nitro groups is 1. The van der Waals surface area contributed by atoms with Gasteiger partial charge in [-0.2, -0.15) is 38.7 Å². The summed E-state index contributed by atoms with van der Waals surface area (Å²) >= 11 is 7.11. The molecule has 0 aliphatic heterocycles. The Morgan fingerprint density at radius 2 is 0.717 bits per heavy atom. The number of nitrogens with zero attached hydrogens (tertiary/aromatic N) is 11. The van der Waals surface area contributed by atoms with E-state index in [1.807, 2.05) is 203 Å². The molecule has 0 aromatic heterocycles. The van der Waals surface area contributed by atoms with Crippen molar-refractivity contribution in [1.82, 2.24) is 0 Å². The van der Waals surface area contributed by atoms with Gasteiger partial charge in [0.15, 0.2) is 5.75 Å². The van der Waals surface area contributed by atoms with E-state index in [-0.39, 0.29) is 17.1 Å². The Bertz CT molecular complexity index is 5000. The summed E-state index contributed by atoms with van der Waals surface area (Å²) < 4.78 is 70.4. The van der Waals surface area contributed by atoms with Crippen molar-refractivity contribution >= 4 is 97.0 Å². The number of hydrogen-bond acceptors (Lipinski definition) is 20. The van der Waals surface area contributed by atoms with Crippen LogP contribution in [0.4, 0.5) is 75.7 Å². The molecule has 0 fully saturated rings. The van der Waals surface area contributed by atoms with Crippen molar-refractivity contribution in [2.75, 3.05) is 35.5 Å². The van der Waals surface area contributed by atoms with Gasteiger partial charge in [-0.1, -0.05) is 145 Å². The molecule has 0 bridgehead atoms. The van der Waals surface area contributed by atoms with Gasteiger partial charge in [0, 0.05) is 33.2 Å². The minimum Gasteiger partial charge on any atom is -0.494 e. The Morgan fingerprint density at radius 1 is 0.377 bits per heavy atom. The van der Waals surface area contributed by atoms with Crippen molar-refractivity contribution in [3.8, 4) is 34.5 Å². The molecular formula is C81H73ClF3N11O9S. The average Bonchev–Trinajstić information content (AvgIpc) is 0.780. The lowest BCUT2D eigenvalue weighted by Gasteiger charge is -2.12. The van der Waals surface area contributed by atoms with Gasteiger partial charge in [-0.05, 0) is 177 Å². The zero-order valence-corrected chi connectivity index (χ0v) is 60.9. The minimum absolute atomic E-state index is 0.0367. The van der Waals surface area contributed by atoms with E-state index >= 15 is 0 Å². The van der Waals surface area contributed by atoms with Crippen molar-refractivity contribution in [2.24, 2.45) is 51.1 Å². The Labute approximate surface area is 620 Å². The van der Waals surface area contributed by atoms with E-state index in [9.17, 15) is 23.3 Å². The van der Waals surface area contributed by atoms with Gasteiger partial charge >= 0.3 is 6.18 Å². The van der Waals surface area contributed by atoms with Crippen LogP contribution in [0.15, 0.2) is 317 Å². The van der Waals surface area contributed by atoms with Gasteiger partial charge < -0.3 is 28.6 Å². The van der Waals surface area contributed by atoms with E-state index in [1.165, 1.54) is 38.7 Å². The smallest absolute Gasteiger partial charge is 0.416 e. The third kappa shape index (κ3) is 23.8. The van der Waals surface area contributed by atoms with Crippen molar-refractivity contribution in [1.29, 1.82) is 0 Å². The van der Waals surface area contributed by atoms with Crippen LogP contribution in [0.5, 0.6) is 34.5 Å². The molecule has 12 aromatic carbocycles. The van der Waals surface area contributed by atoms with E-state index in [0.29, 0.717) is 67.6 Å². The number of azo groups is 5. The highest BCUT2D eigenvalue weighted by molar-refractivity contribution is 7.94. The summed E-state index contributed by atoms with van der Waals surface area (Å²) in [5.74, 6) is 3.54. The lowest BCUT2D eigenvalue weighted by Crippen LogP contribution is -2.05.